The van der Waals surface area contributed by atoms with Crippen LogP contribution < -0.4 is 0 Å². The van der Waals surface area contributed by atoms with E-state index in [1.807, 2.05) is 0 Å². The number of Topliss-reactive ketones (excluding diaryl/α,β-unsaturated/α-hetero) is 1. The van der Waals surface area contributed by atoms with E-state index in [0.717, 1.165) is 30.6 Å². The van der Waals surface area contributed by atoms with Gasteiger partial charge in [-0.15, -0.1) is 11.6 Å². The van der Waals surface area contributed by atoms with Crippen LogP contribution in [0.5, 0.6) is 0 Å². The van der Waals surface area contributed by atoms with Crippen molar-refractivity contribution in [1.29, 1.82) is 0 Å². The fourth-order valence-corrected chi connectivity index (χ4v) is 7.03. The predicted molar refractivity (Wildman–Crippen MR) is 95.7 cm³/mol. The molecule has 0 aromatic rings. The van der Waals surface area contributed by atoms with Gasteiger partial charge in [-0.25, -0.2) is 0 Å². The van der Waals surface area contributed by atoms with Crippen molar-refractivity contribution in [3.05, 3.63) is 22.3 Å². The maximum atomic E-state index is 11.9. The molecule has 0 radical (unpaired) electrons. The third kappa shape index (κ3) is 2.37. The molecule has 23 heavy (non-hydrogen) atoms. The zero-order valence-electron chi connectivity index (χ0n) is 13.9. The first-order valence-corrected chi connectivity index (χ1v) is 10.1. The lowest BCUT2D eigenvalue weighted by Gasteiger charge is -2.53. The summed E-state index contributed by atoms with van der Waals surface area (Å²) in [6.07, 6.45) is 11.4. The molecule has 3 fully saturated rings. The van der Waals surface area contributed by atoms with Crippen molar-refractivity contribution in [2.24, 2.45) is 29.1 Å². The van der Waals surface area contributed by atoms with Crippen LogP contribution in [0.15, 0.2) is 22.3 Å². The Balaban J connectivity index is 1.64. The van der Waals surface area contributed by atoms with Crippen molar-refractivity contribution in [3.8, 4) is 0 Å². The third-order valence-electron chi connectivity index (χ3n) is 7.58. The predicted octanol–water partition coefficient (Wildman–Crippen LogP) is 5.86. The van der Waals surface area contributed by atoms with Gasteiger partial charge in [0.1, 0.15) is 0 Å². The van der Waals surface area contributed by atoms with E-state index in [-0.39, 0.29) is 5.78 Å². The van der Waals surface area contributed by atoms with E-state index in [2.05, 4.69) is 13.0 Å². The van der Waals surface area contributed by atoms with Gasteiger partial charge in [0.25, 0.3) is 0 Å². The Hall–Kier alpha value is -0.270. The quantitative estimate of drug-likeness (QED) is 0.426. The van der Waals surface area contributed by atoms with Gasteiger partial charge in [0.15, 0.2) is 5.78 Å². The number of rotatable bonds is 1. The molecule has 0 aliphatic heterocycles. The number of hydrogen-bond acceptors (Lipinski definition) is 1. The second kappa shape index (κ2) is 5.92. The maximum absolute atomic E-state index is 11.9. The molecule has 0 spiro atoms. The van der Waals surface area contributed by atoms with Crippen molar-refractivity contribution in [3.63, 3.8) is 0 Å². The lowest BCUT2D eigenvalue weighted by atomic mass is 9.52. The molecule has 0 heterocycles. The number of fused-ring (bicyclic) bond motifs is 5. The average Bonchev–Trinajstić information content (AvgIpc) is 2.88. The van der Waals surface area contributed by atoms with E-state index >= 15 is 0 Å². The summed E-state index contributed by atoms with van der Waals surface area (Å²) in [4.78, 5) is 11.9. The van der Waals surface area contributed by atoms with Crippen molar-refractivity contribution < 1.29 is 4.79 Å². The van der Waals surface area contributed by atoms with Crippen molar-refractivity contribution in [2.75, 3.05) is 5.88 Å². The normalized spacial score (nSPS) is 45.0. The van der Waals surface area contributed by atoms with Gasteiger partial charge in [0.2, 0.25) is 0 Å². The summed E-state index contributed by atoms with van der Waals surface area (Å²) in [6, 6.07) is 0. The highest BCUT2D eigenvalue weighted by Crippen LogP contribution is 2.63. The molecule has 0 bridgehead atoms. The fourth-order valence-electron chi connectivity index (χ4n) is 6.51. The Morgan fingerprint density at radius 2 is 1.96 bits per heavy atom. The molecule has 0 N–H and O–H groups in total. The monoisotopic (exact) mass is 352 g/mol. The van der Waals surface area contributed by atoms with Crippen LogP contribution in [0.3, 0.4) is 0 Å². The molecule has 0 aromatic heterocycles. The van der Waals surface area contributed by atoms with Crippen LogP contribution in [0.25, 0.3) is 0 Å². The summed E-state index contributed by atoms with van der Waals surface area (Å²) < 4.78 is 0. The molecule has 4 aliphatic carbocycles. The van der Waals surface area contributed by atoms with E-state index in [4.69, 9.17) is 23.2 Å². The van der Waals surface area contributed by atoms with Crippen LogP contribution in [0, 0.1) is 29.1 Å². The zero-order chi connectivity index (χ0) is 16.2. The fraction of sp³-hybridized carbons (Fsp3) is 0.750. The highest BCUT2D eigenvalue weighted by molar-refractivity contribution is 6.43. The van der Waals surface area contributed by atoms with Crippen LogP contribution in [0.4, 0.5) is 0 Å². The molecule has 0 aromatic carbocycles. The summed E-state index contributed by atoms with van der Waals surface area (Å²) in [6.45, 7) is 2.49. The van der Waals surface area contributed by atoms with Gasteiger partial charge in [-0.3, -0.25) is 4.79 Å². The minimum absolute atomic E-state index is 0.185. The van der Waals surface area contributed by atoms with Crippen molar-refractivity contribution in [1.82, 2.24) is 0 Å². The second-order valence-electron chi connectivity index (χ2n) is 8.26. The Morgan fingerprint density at radius 3 is 2.74 bits per heavy atom. The molecule has 1 nitrogen and oxygen atoms in total. The number of carbonyl (C=O) groups is 1. The molecule has 0 unspecified atom stereocenters. The summed E-state index contributed by atoms with van der Waals surface area (Å²) in [5, 5.41) is 0.599. The number of allylic oxidation sites excluding steroid dienone is 3. The molecular formula is C20H26Cl2O. The largest absolute Gasteiger partial charge is 0.293 e. The van der Waals surface area contributed by atoms with Gasteiger partial charge in [-0.05, 0) is 79.6 Å². The van der Waals surface area contributed by atoms with E-state index in [0.29, 0.717) is 28.7 Å². The van der Waals surface area contributed by atoms with Crippen LogP contribution in [-0.2, 0) is 4.79 Å². The lowest BCUT2D eigenvalue weighted by molar-refractivity contribution is -0.116. The molecule has 5 atom stereocenters. The highest BCUT2D eigenvalue weighted by Gasteiger charge is 2.54. The Morgan fingerprint density at radius 1 is 1.13 bits per heavy atom. The van der Waals surface area contributed by atoms with Crippen LogP contribution in [0.1, 0.15) is 58.3 Å². The molecule has 4 rings (SSSR count). The molecule has 0 amide bonds. The Bertz CT molecular complexity index is 590. The van der Waals surface area contributed by atoms with Crippen LogP contribution in [0.2, 0.25) is 0 Å². The van der Waals surface area contributed by atoms with Gasteiger partial charge in [0.05, 0.1) is 5.03 Å². The standard InChI is InChI=1S/C20H26Cl2O/c1-20-10-8-14-13-5-7-18(23)19(22)16(13)4-3-15(14)17(20)6-2-12(20)9-11-21/h9,13-15,17H,2-8,10-11H2,1H3/b12-9-/t13-,14-,15-,17+,20-/m1/s1. The first kappa shape index (κ1) is 16.2. The van der Waals surface area contributed by atoms with Gasteiger partial charge in [-0.2, -0.15) is 0 Å². The number of alkyl halides is 1. The molecule has 3 saturated carbocycles. The van der Waals surface area contributed by atoms with Crippen LogP contribution >= 0.6 is 23.2 Å². The van der Waals surface area contributed by atoms with Crippen molar-refractivity contribution in [2.45, 2.75) is 58.3 Å². The molecular weight excluding hydrogens is 327 g/mol. The van der Waals surface area contributed by atoms with Crippen LogP contribution in [-0.4, -0.2) is 11.7 Å². The molecule has 126 valence electrons. The van der Waals surface area contributed by atoms with Crippen molar-refractivity contribution >= 4 is 29.0 Å². The summed E-state index contributed by atoms with van der Waals surface area (Å²) in [5.74, 6) is 3.82. The van der Waals surface area contributed by atoms with Gasteiger partial charge < -0.3 is 0 Å². The average molecular weight is 353 g/mol. The van der Waals surface area contributed by atoms with E-state index in [9.17, 15) is 4.79 Å². The summed E-state index contributed by atoms with van der Waals surface area (Å²) in [5.41, 5.74) is 3.31. The number of ketones is 1. The minimum Gasteiger partial charge on any atom is -0.293 e. The molecule has 3 heteroatoms. The minimum atomic E-state index is 0.185. The first-order chi connectivity index (χ1) is 11.1. The second-order valence-corrected chi connectivity index (χ2v) is 8.95. The van der Waals surface area contributed by atoms with Gasteiger partial charge in [0, 0.05) is 12.3 Å². The topological polar surface area (TPSA) is 17.1 Å². The van der Waals surface area contributed by atoms with Gasteiger partial charge in [-0.1, -0.05) is 30.2 Å². The van der Waals surface area contributed by atoms with E-state index in [1.54, 1.807) is 5.57 Å². The number of halogens is 2. The summed E-state index contributed by atoms with van der Waals surface area (Å²) >= 11 is 12.4. The Kier molecular flexibility index (Phi) is 4.17. The highest BCUT2D eigenvalue weighted by atomic mass is 35.5. The zero-order valence-corrected chi connectivity index (χ0v) is 15.4. The molecule has 0 saturated heterocycles. The number of carbonyl (C=O) groups excluding carboxylic acids is 1. The lowest BCUT2D eigenvalue weighted by Crippen LogP contribution is -2.45. The van der Waals surface area contributed by atoms with E-state index in [1.165, 1.54) is 37.7 Å². The summed E-state index contributed by atoms with van der Waals surface area (Å²) in [7, 11) is 0. The van der Waals surface area contributed by atoms with Gasteiger partial charge >= 0.3 is 0 Å². The maximum Gasteiger partial charge on any atom is 0.174 e. The molecule has 4 aliphatic rings. The first-order valence-electron chi connectivity index (χ1n) is 9.23. The van der Waals surface area contributed by atoms with E-state index < -0.39 is 0 Å². The Labute approximate surface area is 149 Å². The smallest absolute Gasteiger partial charge is 0.174 e. The number of hydrogen-bond donors (Lipinski definition) is 0. The third-order valence-corrected chi connectivity index (χ3v) is 8.19. The SMILES string of the molecule is C[C@]12CC[C@H]3[C@@H](CCC4=C(Cl)C(=O)CC[C@@H]43)[C@@H]1CC/C2=C/CCl.